The zero-order valence-electron chi connectivity index (χ0n) is 10.6. The van der Waals surface area contributed by atoms with Crippen molar-refractivity contribution in [2.45, 2.75) is 38.6 Å². The van der Waals surface area contributed by atoms with E-state index in [1.807, 2.05) is 11.4 Å². The van der Waals surface area contributed by atoms with Crippen LogP contribution in [0.1, 0.15) is 42.3 Å². The molecular weight excluding hydrogens is 330 g/mol. The van der Waals surface area contributed by atoms with Crippen molar-refractivity contribution in [3.8, 4) is 0 Å². The van der Waals surface area contributed by atoms with Gasteiger partial charge in [0.05, 0.1) is 5.41 Å². The molecule has 0 aromatic carbocycles. The van der Waals surface area contributed by atoms with Crippen LogP contribution in [0.2, 0.25) is 0 Å². The minimum atomic E-state index is -0.863. The van der Waals surface area contributed by atoms with Crippen LogP contribution in [-0.2, 0) is 4.79 Å². The fourth-order valence-corrected chi connectivity index (χ4v) is 3.95. The summed E-state index contributed by atoms with van der Waals surface area (Å²) >= 11 is 4.67. The predicted octanol–water partition coefficient (Wildman–Crippen LogP) is 3.27. The zero-order chi connectivity index (χ0) is 14.0. The van der Waals surface area contributed by atoms with Gasteiger partial charge in [0.1, 0.15) is 4.88 Å². The van der Waals surface area contributed by atoms with Crippen molar-refractivity contribution in [1.29, 1.82) is 0 Å². The molecule has 6 heteroatoms. The van der Waals surface area contributed by atoms with Crippen molar-refractivity contribution < 1.29 is 14.7 Å². The lowest BCUT2D eigenvalue weighted by atomic mass is 9.71. The first-order valence-corrected chi connectivity index (χ1v) is 7.89. The molecule has 19 heavy (non-hydrogen) atoms. The van der Waals surface area contributed by atoms with Crippen molar-refractivity contribution in [2.75, 3.05) is 0 Å². The number of halogens is 1. The van der Waals surface area contributed by atoms with Gasteiger partial charge in [-0.2, -0.15) is 0 Å². The largest absolute Gasteiger partial charge is 0.481 e. The smallest absolute Gasteiger partial charge is 0.311 e. The normalized spacial score (nSPS) is 26.9. The van der Waals surface area contributed by atoms with Crippen LogP contribution in [0.15, 0.2) is 15.9 Å². The van der Waals surface area contributed by atoms with Gasteiger partial charge in [0.25, 0.3) is 5.91 Å². The van der Waals surface area contributed by atoms with E-state index in [9.17, 15) is 14.7 Å². The van der Waals surface area contributed by atoms with Crippen molar-refractivity contribution >= 4 is 39.1 Å². The molecule has 1 heterocycles. The molecule has 1 aliphatic carbocycles. The molecule has 0 saturated heterocycles. The molecule has 2 unspecified atom stereocenters. The molecule has 0 radical (unpaired) electrons. The van der Waals surface area contributed by atoms with E-state index in [0.717, 1.165) is 23.7 Å². The summed E-state index contributed by atoms with van der Waals surface area (Å²) in [6.07, 6.45) is 3.19. The number of thiophene rings is 1. The van der Waals surface area contributed by atoms with Gasteiger partial charge in [-0.15, -0.1) is 11.3 Å². The maximum absolute atomic E-state index is 12.2. The third-order valence-corrected chi connectivity index (χ3v) is 5.66. The molecule has 2 rings (SSSR count). The third-order valence-electron chi connectivity index (χ3n) is 3.83. The predicted molar refractivity (Wildman–Crippen MR) is 77.5 cm³/mol. The van der Waals surface area contributed by atoms with Gasteiger partial charge in [-0.05, 0) is 47.1 Å². The summed E-state index contributed by atoms with van der Waals surface area (Å²) in [6, 6.07) is 1.51. The molecule has 1 aromatic rings. The van der Waals surface area contributed by atoms with Crippen LogP contribution in [-0.4, -0.2) is 23.0 Å². The van der Waals surface area contributed by atoms with E-state index in [1.165, 1.54) is 11.3 Å². The van der Waals surface area contributed by atoms with Crippen LogP contribution in [0.5, 0.6) is 0 Å². The van der Waals surface area contributed by atoms with E-state index in [4.69, 9.17) is 0 Å². The minimum absolute atomic E-state index is 0.193. The Balaban J connectivity index is 2.15. The molecule has 4 nitrogen and oxygen atoms in total. The molecule has 0 bridgehead atoms. The standard InChI is InChI=1S/C13H16BrNO3S/c1-13(12(17)18)6-3-2-4-9(13)15-11(16)10-8(14)5-7-19-10/h5,7,9H,2-4,6H2,1H3,(H,15,16)(H,17,18). The molecule has 2 N–H and O–H groups in total. The van der Waals surface area contributed by atoms with Crippen molar-refractivity contribution in [3.63, 3.8) is 0 Å². The SMILES string of the molecule is CC1(C(=O)O)CCCCC1NC(=O)c1sccc1Br. The number of aliphatic carboxylic acids is 1. The van der Waals surface area contributed by atoms with E-state index < -0.39 is 11.4 Å². The summed E-state index contributed by atoms with van der Waals surface area (Å²) in [5, 5.41) is 14.1. The molecule has 104 valence electrons. The highest BCUT2D eigenvalue weighted by molar-refractivity contribution is 9.10. The number of carboxylic acids is 1. The summed E-state index contributed by atoms with van der Waals surface area (Å²) in [5.41, 5.74) is -0.863. The first kappa shape index (κ1) is 14.5. The molecule has 1 aliphatic rings. The molecule has 1 fully saturated rings. The lowest BCUT2D eigenvalue weighted by Crippen LogP contribution is -2.52. The van der Waals surface area contributed by atoms with Crippen molar-refractivity contribution in [1.82, 2.24) is 5.32 Å². The molecule has 1 aromatic heterocycles. The first-order chi connectivity index (χ1) is 8.95. The van der Waals surface area contributed by atoms with E-state index in [-0.39, 0.29) is 11.9 Å². The Morgan fingerprint density at radius 1 is 1.53 bits per heavy atom. The minimum Gasteiger partial charge on any atom is -0.481 e. The molecule has 1 amide bonds. The first-order valence-electron chi connectivity index (χ1n) is 6.22. The number of carboxylic acid groups (broad SMARTS) is 1. The number of hydrogen-bond donors (Lipinski definition) is 2. The van der Waals surface area contributed by atoms with Gasteiger partial charge in [0.2, 0.25) is 0 Å². The highest BCUT2D eigenvalue weighted by atomic mass is 79.9. The Kier molecular flexibility index (Phi) is 4.30. The number of carbonyl (C=O) groups is 2. The monoisotopic (exact) mass is 345 g/mol. The van der Waals surface area contributed by atoms with E-state index in [2.05, 4.69) is 21.2 Å². The Morgan fingerprint density at radius 3 is 2.84 bits per heavy atom. The van der Waals surface area contributed by atoms with Gasteiger partial charge in [0.15, 0.2) is 0 Å². The number of hydrogen-bond acceptors (Lipinski definition) is 3. The zero-order valence-corrected chi connectivity index (χ0v) is 13.0. The van der Waals surface area contributed by atoms with Crippen LogP contribution in [0, 0.1) is 5.41 Å². The van der Waals surface area contributed by atoms with Gasteiger partial charge < -0.3 is 10.4 Å². The summed E-state index contributed by atoms with van der Waals surface area (Å²) in [6.45, 7) is 1.73. The van der Waals surface area contributed by atoms with Crippen molar-refractivity contribution in [3.05, 3.63) is 20.8 Å². The second-order valence-electron chi connectivity index (χ2n) is 5.09. The maximum Gasteiger partial charge on any atom is 0.311 e. The summed E-state index contributed by atoms with van der Waals surface area (Å²) in [5.74, 6) is -1.02. The summed E-state index contributed by atoms with van der Waals surface area (Å²) < 4.78 is 0.753. The topological polar surface area (TPSA) is 66.4 Å². The van der Waals surface area contributed by atoms with Crippen molar-refractivity contribution in [2.24, 2.45) is 5.41 Å². The fourth-order valence-electron chi connectivity index (χ4n) is 2.50. The molecular formula is C13H16BrNO3S. The van der Waals surface area contributed by atoms with Gasteiger partial charge >= 0.3 is 5.97 Å². The van der Waals surface area contributed by atoms with Gasteiger partial charge in [-0.3, -0.25) is 9.59 Å². The second-order valence-corrected chi connectivity index (χ2v) is 6.86. The lowest BCUT2D eigenvalue weighted by molar-refractivity contribution is -0.151. The summed E-state index contributed by atoms with van der Waals surface area (Å²) in [7, 11) is 0. The van der Waals surface area contributed by atoms with Gasteiger partial charge in [-0.1, -0.05) is 12.8 Å². The Morgan fingerprint density at radius 2 is 2.26 bits per heavy atom. The van der Waals surface area contributed by atoms with E-state index >= 15 is 0 Å². The van der Waals surface area contributed by atoms with Gasteiger partial charge in [-0.25, -0.2) is 0 Å². The quantitative estimate of drug-likeness (QED) is 0.883. The average Bonchev–Trinajstić information content (AvgIpc) is 2.78. The lowest BCUT2D eigenvalue weighted by Gasteiger charge is -2.38. The second kappa shape index (κ2) is 5.63. The Hall–Kier alpha value is -0.880. The fraction of sp³-hybridized carbons (Fsp3) is 0.538. The molecule has 2 atom stereocenters. The van der Waals surface area contributed by atoms with Crippen LogP contribution in [0.25, 0.3) is 0 Å². The number of rotatable bonds is 3. The van der Waals surface area contributed by atoms with E-state index in [1.54, 1.807) is 6.92 Å². The average molecular weight is 346 g/mol. The van der Waals surface area contributed by atoms with Crippen LogP contribution in [0.3, 0.4) is 0 Å². The maximum atomic E-state index is 12.2. The highest BCUT2D eigenvalue weighted by Gasteiger charge is 2.44. The van der Waals surface area contributed by atoms with Crippen LogP contribution in [0.4, 0.5) is 0 Å². The van der Waals surface area contributed by atoms with Crippen LogP contribution >= 0.6 is 27.3 Å². The Bertz CT molecular complexity index is 502. The molecule has 0 aliphatic heterocycles. The number of carbonyl (C=O) groups excluding carboxylic acids is 1. The molecule has 0 spiro atoms. The third kappa shape index (κ3) is 2.84. The van der Waals surface area contributed by atoms with Gasteiger partial charge in [0, 0.05) is 10.5 Å². The molecule has 1 saturated carbocycles. The van der Waals surface area contributed by atoms with E-state index in [0.29, 0.717) is 11.3 Å². The number of nitrogens with one attached hydrogen (secondary N) is 1. The van der Waals surface area contributed by atoms with Crippen LogP contribution < -0.4 is 5.32 Å². The number of amides is 1. The summed E-state index contributed by atoms with van der Waals surface area (Å²) in [4.78, 5) is 24.2. The Labute approximate surface area is 124 Å². The highest BCUT2D eigenvalue weighted by Crippen LogP contribution is 2.37.